The van der Waals surface area contributed by atoms with Crippen molar-refractivity contribution in [3.8, 4) is 17.0 Å². The smallest absolute Gasteiger partial charge is 0.124 e. The summed E-state index contributed by atoms with van der Waals surface area (Å²) in [6, 6.07) is 18.4. The van der Waals surface area contributed by atoms with E-state index in [4.69, 9.17) is 0 Å². The highest BCUT2D eigenvalue weighted by Crippen LogP contribution is 2.33. The standard InChI is InChI=1S/C21H25NO/c1-2-3-4-5-9-15-22-19-13-10-14-21(23)18(19)16-20(22)17-11-7-6-8-12-17/h6-8,10-14,16,23H,2-5,9,15H2,1H3. The molecule has 3 rings (SSSR count). The molecule has 1 N–H and O–H groups in total. The van der Waals surface area contributed by atoms with E-state index in [1.807, 2.05) is 12.1 Å². The monoisotopic (exact) mass is 307 g/mol. The molecule has 0 fully saturated rings. The highest BCUT2D eigenvalue weighted by Gasteiger charge is 2.12. The molecule has 2 nitrogen and oxygen atoms in total. The van der Waals surface area contributed by atoms with Gasteiger partial charge in [0.1, 0.15) is 5.75 Å². The number of aryl methyl sites for hydroxylation is 1. The Morgan fingerprint density at radius 2 is 1.65 bits per heavy atom. The molecule has 0 bridgehead atoms. The molecule has 3 aromatic rings. The van der Waals surface area contributed by atoms with Crippen molar-refractivity contribution in [2.45, 2.75) is 45.6 Å². The Hall–Kier alpha value is -2.22. The second kappa shape index (κ2) is 7.36. The molecule has 2 aromatic carbocycles. The van der Waals surface area contributed by atoms with Crippen LogP contribution in [0.2, 0.25) is 0 Å². The lowest BCUT2D eigenvalue weighted by molar-refractivity contribution is 0.481. The van der Waals surface area contributed by atoms with Gasteiger partial charge < -0.3 is 9.67 Å². The van der Waals surface area contributed by atoms with Crippen molar-refractivity contribution in [3.05, 3.63) is 54.6 Å². The Morgan fingerprint density at radius 1 is 0.870 bits per heavy atom. The van der Waals surface area contributed by atoms with Crippen molar-refractivity contribution >= 4 is 10.9 Å². The average molecular weight is 307 g/mol. The maximum Gasteiger partial charge on any atom is 0.124 e. The van der Waals surface area contributed by atoms with Gasteiger partial charge in [-0.3, -0.25) is 0 Å². The van der Waals surface area contributed by atoms with E-state index in [1.54, 1.807) is 6.07 Å². The first-order chi connectivity index (χ1) is 11.3. The maximum atomic E-state index is 10.2. The van der Waals surface area contributed by atoms with Crippen LogP contribution in [0, 0.1) is 0 Å². The van der Waals surface area contributed by atoms with E-state index in [0.29, 0.717) is 5.75 Å². The van der Waals surface area contributed by atoms with E-state index in [-0.39, 0.29) is 0 Å². The molecular formula is C21H25NO. The fourth-order valence-electron chi connectivity index (χ4n) is 3.23. The molecule has 0 unspecified atom stereocenters. The number of benzene rings is 2. The summed E-state index contributed by atoms with van der Waals surface area (Å²) in [6.07, 6.45) is 6.34. The van der Waals surface area contributed by atoms with Gasteiger partial charge in [-0.25, -0.2) is 0 Å². The summed E-state index contributed by atoms with van der Waals surface area (Å²) >= 11 is 0. The quantitative estimate of drug-likeness (QED) is 0.533. The summed E-state index contributed by atoms with van der Waals surface area (Å²) < 4.78 is 2.36. The van der Waals surface area contributed by atoms with Crippen molar-refractivity contribution in [1.82, 2.24) is 4.57 Å². The number of nitrogens with zero attached hydrogens (tertiary/aromatic N) is 1. The van der Waals surface area contributed by atoms with Crippen molar-refractivity contribution in [2.24, 2.45) is 0 Å². The van der Waals surface area contributed by atoms with Crippen LogP contribution in [-0.4, -0.2) is 9.67 Å². The summed E-state index contributed by atoms with van der Waals surface area (Å²) in [7, 11) is 0. The van der Waals surface area contributed by atoms with Crippen LogP contribution in [0.3, 0.4) is 0 Å². The van der Waals surface area contributed by atoms with Gasteiger partial charge in [-0.1, -0.05) is 69.0 Å². The summed E-state index contributed by atoms with van der Waals surface area (Å²) in [6.45, 7) is 3.25. The number of phenolic OH excluding ortho intramolecular Hbond substituents is 1. The highest BCUT2D eigenvalue weighted by atomic mass is 16.3. The second-order valence-electron chi connectivity index (χ2n) is 6.17. The van der Waals surface area contributed by atoms with E-state index in [2.05, 4.69) is 47.9 Å². The molecule has 0 atom stereocenters. The van der Waals surface area contributed by atoms with Crippen LogP contribution in [0.4, 0.5) is 0 Å². The van der Waals surface area contributed by atoms with Crippen LogP contribution in [0.5, 0.6) is 5.75 Å². The van der Waals surface area contributed by atoms with E-state index in [0.717, 1.165) is 17.4 Å². The Morgan fingerprint density at radius 3 is 2.43 bits per heavy atom. The van der Waals surface area contributed by atoms with Gasteiger partial charge in [-0.05, 0) is 30.2 Å². The molecule has 0 spiro atoms. The van der Waals surface area contributed by atoms with E-state index < -0.39 is 0 Å². The zero-order valence-corrected chi connectivity index (χ0v) is 13.8. The fraction of sp³-hybridized carbons (Fsp3) is 0.333. The molecule has 0 amide bonds. The van der Waals surface area contributed by atoms with Crippen molar-refractivity contribution in [3.63, 3.8) is 0 Å². The van der Waals surface area contributed by atoms with Crippen molar-refractivity contribution in [1.29, 1.82) is 0 Å². The van der Waals surface area contributed by atoms with Gasteiger partial charge in [0.15, 0.2) is 0 Å². The number of rotatable bonds is 7. The van der Waals surface area contributed by atoms with Gasteiger partial charge in [-0.15, -0.1) is 0 Å². The Kier molecular flexibility index (Phi) is 5.02. The number of hydrogen-bond donors (Lipinski definition) is 1. The summed E-state index contributed by atoms with van der Waals surface area (Å²) in [5.41, 5.74) is 3.52. The lowest BCUT2D eigenvalue weighted by atomic mass is 10.1. The third kappa shape index (κ3) is 3.42. The van der Waals surface area contributed by atoms with Crippen molar-refractivity contribution in [2.75, 3.05) is 0 Å². The Labute approximate surface area is 138 Å². The number of phenols is 1. The summed E-state index contributed by atoms with van der Waals surface area (Å²) in [5.74, 6) is 0.365. The third-order valence-electron chi connectivity index (χ3n) is 4.48. The Bertz CT molecular complexity index is 758. The minimum absolute atomic E-state index is 0.365. The van der Waals surface area contributed by atoms with Crippen molar-refractivity contribution < 1.29 is 5.11 Å². The van der Waals surface area contributed by atoms with Crippen LogP contribution in [-0.2, 0) is 6.54 Å². The first-order valence-electron chi connectivity index (χ1n) is 8.68. The predicted octanol–water partition coefficient (Wildman–Crippen LogP) is 5.98. The van der Waals surface area contributed by atoms with Gasteiger partial charge >= 0.3 is 0 Å². The number of aromatic hydroxyl groups is 1. The predicted molar refractivity (Wildman–Crippen MR) is 97.8 cm³/mol. The molecule has 120 valence electrons. The molecular weight excluding hydrogens is 282 g/mol. The van der Waals surface area contributed by atoms with Gasteiger partial charge in [0.2, 0.25) is 0 Å². The zero-order valence-electron chi connectivity index (χ0n) is 13.8. The third-order valence-corrected chi connectivity index (χ3v) is 4.48. The average Bonchev–Trinajstić information content (AvgIpc) is 2.96. The normalized spacial score (nSPS) is 11.2. The number of hydrogen-bond acceptors (Lipinski definition) is 1. The van der Waals surface area contributed by atoms with Gasteiger partial charge in [0.25, 0.3) is 0 Å². The zero-order chi connectivity index (χ0) is 16.1. The molecule has 0 saturated heterocycles. The Balaban J connectivity index is 1.94. The first-order valence-corrected chi connectivity index (χ1v) is 8.68. The van der Waals surface area contributed by atoms with Gasteiger partial charge in [0, 0.05) is 17.6 Å². The molecule has 2 heteroatoms. The second-order valence-corrected chi connectivity index (χ2v) is 6.17. The molecule has 1 heterocycles. The lowest BCUT2D eigenvalue weighted by Gasteiger charge is -2.11. The van der Waals surface area contributed by atoms with Crippen LogP contribution in [0.15, 0.2) is 54.6 Å². The van der Waals surface area contributed by atoms with Gasteiger partial charge in [0.05, 0.1) is 5.52 Å². The highest BCUT2D eigenvalue weighted by molar-refractivity contribution is 5.91. The largest absolute Gasteiger partial charge is 0.507 e. The molecule has 0 saturated carbocycles. The molecule has 1 aromatic heterocycles. The van der Waals surface area contributed by atoms with Crippen LogP contribution in [0.1, 0.15) is 39.0 Å². The molecule has 0 aliphatic rings. The van der Waals surface area contributed by atoms with E-state index in [9.17, 15) is 5.11 Å². The number of unbranched alkanes of at least 4 members (excludes halogenated alkanes) is 4. The number of aromatic nitrogens is 1. The molecule has 23 heavy (non-hydrogen) atoms. The van der Waals surface area contributed by atoms with Crippen LogP contribution < -0.4 is 0 Å². The molecule has 0 aliphatic carbocycles. The minimum Gasteiger partial charge on any atom is -0.507 e. The van der Waals surface area contributed by atoms with Crippen LogP contribution >= 0.6 is 0 Å². The maximum absolute atomic E-state index is 10.2. The number of fused-ring (bicyclic) bond motifs is 1. The van der Waals surface area contributed by atoms with E-state index >= 15 is 0 Å². The lowest BCUT2D eigenvalue weighted by Crippen LogP contribution is -2.00. The summed E-state index contributed by atoms with van der Waals surface area (Å²) in [5, 5.41) is 11.1. The molecule has 0 radical (unpaired) electrons. The summed E-state index contributed by atoms with van der Waals surface area (Å²) in [4.78, 5) is 0. The first kappa shape index (κ1) is 15.7. The SMILES string of the molecule is CCCCCCCn1c(-c2ccccc2)cc2c(O)cccc21. The minimum atomic E-state index is 0.365. The fourth-order valence-corrected chi connectivity index (χ4v) is 3.23. The van der Waals surface area contributed by atoms with Crippen LogP contribution in [0.25, 0.3) is 22.2 Å². The van der Waals surface area contributed by atoms with E-state index in [1.165, 1.54) is 43.4 Å². The molecule has 0 aliphatic heterocycles. The topological polar surface area (TPSA) is 25.2 Å². The van der Waals surface area contributed by atoms with Gasteiger partial charge in [-0.2, -0.15) is 0 Å².